The number of para-hydroxylation sites is 1. The molecular formula is C25H26ClN7O2S. The summed E-state index contributed by atoms with van der Waals surface area (Å²) >= 11 is 7.54. The smallest absolute Gasteiger partial charge is 0.228 e. The Morgan fingerprint density at radius 1 is 1.39 bits per heavy atom. The summed E-state index contributed by atoms with van der Waals surface area (Å²) in [6.45, 7) is 6.58. The number of hydrogen-bond acceptors (Lipinski definition) is 8. The van der Waals surface area contributed by atoms with Crippen LogP contribution in [0.15, 0.2) is 62.1 Å². The van der Waals surface area contributed by atoms with Gasteiger partial charge in [-0.2, -0.15) is 0 Å². The van der Waals surface area contributed by atoms with E-state index in [2.05, 4.69) is 43.4 Å². The van der Waals surface area contributed by atoms with Crippen LogP contribution in [0.2, 0.25) is 5.02 Å². The van der Waals surface area contributed by atoms with Crippen molar-refractivity contribution in [3.63, 3.8) is 0 Å². The van der Waals surface area contributed by atoms with Crippen LogP contribution in [0.25, 0.3) is 17.0 Å². The highest BCUT2D eigenvalue weighted by molar-refractivity contribution is 8.00. The van der Waals surface area contributed by atoms with Crippen molar-refractivity contribution < 1.29 is 9.47 Å². The number of hydrogen-bond donors (Lipinski definition) is 2. The Hall–Kier alpha value is -3.18. The number of rotatable bonds is 9. The Kier molecular flexibility index (Phi) is 7.38. The molecule has 1 fully saturated rings. The molecule has 3 aromatic rings. The number of amidine groups is 1. The van der Waals surface area contributed by atoms with E-state index in [1.54, 1.807) is 19.5 Å². The average molecular weight is 524 g/mol. The zero-order valence-corrected chi connectivity index (χ0v) is 21.6. The second-order valence-corrected chi connectivity index (χ2v) is 9.67. The number of fused-ring (bicyclic) bond motifs is 3. The molecule has 186 valence electrons. The van der Waals surface area contributed by atoms with Gasteiger partial charge in [-0.1, -0.05) is 23.7 Å². The van der Waals surface area contributed by atoms with Crippen LogP contribution >= 0.6 is 23.5 Å². The molecule has 0 spiro atoms. The molecular weight excluding hydrogens is 498 g/mol. The van der Waals surface area contributed by atoms with Gasteiger partial charge in [0, 0.05) is 48.1 Å². The highest BCUT2D eigenvalue weighted by Gasteiger charge is 2.19. The first-order valence-corrected chi connectivity index (χ1v) is 12.6. The fourth-order valence-electron chi connectivity index (χ4n) is 4.14. The molecule has 1 aromatic carbocycles. The second-order valence-electron chi connectivity index (χ2n) is 8.38. The lowest BCUT2D eigenvalue weighted by atomic mass is 10.1. The zero-order chi connectivity index (χ0) is 25.1. The van der Waals surface area contributed by atoms with Gasteiger partial charge in [0.05, 0.1) is 48.1 Å². The van der Waals surface area contributed by atoms with Crippen LogP contribution in [0.3, 0.4) is 0 Å². The number of aliphatic imine (C=N–C) groups is 2. The van der Waals surface area contributed by atoms with Crippen molar-refractivity contribution in [2.24, 2.45) is 27.9 Å². The Morgan fingerprint density at radius 2 is 2.25 bits per heavy atom. The summed E-state index contributed by atoms with van der Waals surface area (Å²) in [6.07, 6.45) is 5.33. The van der Waals surface area contributed by atoms with Crippen LogP contribution in [0.1, 0.15) is 0 Å². The number of anilines is 1. The van der Waals surface area contributed by atoms with Gasteiger partial charge in [0.2, 0.25) is 5.88 Å². The molecule has 0 unspecified atom stereocenters. The molecule has 4 heterocycles. The highest BCUT2D eigenvalue weighted by atomic mass is 35.5. The van der Waals surface area contributed by atoms with Gasteiger partial charge in [-0.25, -0.2) is 9.98 Å². The quantitative estimate of drug-likeness (QED) is 0.254. The molecule has 2 N–H and O–H groups in total. The summed E-state index contributed by atoms with van der Waals surface area (Å²) in [6, 6.07) is 7.94. The van der Waals surface area contributed by atoms with Crippen LogP contribution in [0.5, 0.6) is 5.88 Å². The maximum absolute atomic E-state index is 6.15. The predicted molar refractivity (Wildman–Crippen MR) is 146 cm³/mol. The molecule has 0 amide bonds. The summed E-state index contributed by atoms with van der Waals surface area (Å²) in [5.74, 6) is 1.68. The fraction of sp³-hybridized carbons (Fsp3) is 0.280. The number of nitrogens with zero attached hydrogens (tertiary/aromatic N) is 5. The van der Waals surface area contributed by atoms with Crippen LogP contribution < -0.4 is 25.5 Å². The molecule has 5 rings (SSSR count). The van der Waals surface area contributed by atoms with Crippen LogP contribution in [0.4, 0.5) is 5.69 Å². The first kappa shape index (κ1) is 24.5. The summed E-state index contributed by atoms with van der Waals surface area (Å²) in [4.78, 5) is 18.6. The second kappa shape index (κ2) is 10.8. The summed E-state index contributed by atoms with van der Waals surface area (Å²) in [7, 11) is 3.59. The van der Waals surface area contributed by atoms with Gasteiger partial charge in [0.15, 0.2) is 5.84 Å². The summed E-state index contributed by atoms with van der Waals surface area (Å²) in [5, 5.41) is 5.97. The van der Waals surface area contributed by atoms with E-state index in [0.29, 0.717) is 29.3 Å². The Labute approximate surface area is 217 Å². The van der Waals surface area contributed by atoms with Crippen molar-refractivity contribution in [1.82, 2.24) is 14.9 Å². The van der Waals surface area contributed by atoms with Crippen molar-refractivity contribution in [1.29, 1.82) is 0 Å². The molecule has 0 saturated carbocycles. The number of nitrogens with one attached hydrogen (secondary N) is 2. The monoisotopic (exact) mass is 523 g/mol. The molecule has 2 aromatic heterocycles. The van der Waals surface area contributed by atoms with Gasteiger partial charge >= 0.3 is 0 Å². The molecule has 1 saturated heterocycles. The van der Waals surface area contributed by atoms with Crippen molar-refractivity contribution in [3.8, 4) is 5.88 Å². The van der Waals surface area contributed by atoms with E-state index in [-0.39, 0.29) is 0 Å². The van der Waals surface area contributed by atoms with Crippen LogP contribution in [-0.2, 0) is 11.8 Å². The van der Waals surface area contributed by atoms with Crippen molar-refractivity contribution in [2.75, 3.05) is 38.3 Å². The van der Waals surface area contributed by atoms with E-state index in [4.69, 9.17) is 31.1 Å². The molecule has 11 heteroatoms. The van der Waals surface area contributed by atoms with Crippen molar-refractivity contribution in [2.45, 2.75) is 4.90 Å². The number of methoxy groups -OCH3 is 1. The number of aromatic nitrogens is 2. The maximum atomic E-state index is 6.15. The third-order valence-electron chi connectivity index (χ3n) is 5.95. The largest absolute Gasteiger partial charge is 0.480 e. The molecule has 9 nitrogen and oxygen atoms in total. The Bertz CT molecular complexity index is 1490. The molecule has 2 aliphatic rings. The normalized spacial score (nSPS) is 17.4. The topological polar surface area (TPSA) is 97.4 Å². The Morgan fingerprint density at radius 3 is 3.00 bits per heavy atom. The van der Waals surface area contributed by atoms with Gasteiger partial charge in [-0.15, -0.1) is 0 Å². The zero-order valence-electron chi connectivity index (χ0n) is 20.0. The summed E-state index contributed by atoms with van der Waals surface area (Å²) in [5.41, 5.74) is 3.59. The van der Waals surface area contributed by atoms with Crippen molar-refractivity contribution in [3.05, 3.63) is 58.0 Å². The lowest BCUT2D eigenvalue weighted by Crippen LogP contribution is -2.37. The maximum Gasteiger partial charge on any atom is 0.228 e. The number of ether oxygens (including phenoxy) is 2. The first-order chi connectivity index (χ1) is 17.6. The van der Waals surface area contributed by atoms with E-state index in [9.17, 15) is 0 Å². The molecule has 0 radical (unpaired) electrons. The number of pyridine rings is 1. The number of aryl methyl sites for hydroxylation is 1. The minimum atomic E-state index is 0.468. The van der Waals surface area contributed by atoms with Crippen LogP contribution in [0, 0.1) is 5.92 Å². The van der Waals surface area contributed by atoms with Gasteiger partial charge in [-0.3, -0.25) is 15.3 Å². The molecule has 36 heavy (non-hydrogen) atoms. The van der Waals surface area contributed by atoms with Crippen molar-refractivity contribution >= 4 is 58.8 Å². The van der Waals surface area contributed by atoms with Gasteiger partial charge in [0.25, 0.3) is 0 Å². The molecule has 0 atom stereocenters. The standard InChI is InChI=1S/C25H26ClN7O2S/c1-27-10-16-7-19-18-5-4-6-20(32-36-21-8-17(26)11-29-25(21)34-3)22(18)33(2)24(19)31-23(16)30-14-28-9-15-12-35-13-15/h4-8,10-11,15,28,32H,1,9,12-14H2,2-3H3/b16-10-,30-23+. The van der Waals surface area contributed by atoms with E-state index in [0.717, 1.165) is 57.5 Å². The fourth-order valence-corrected chi connectivity index (χ4v) is 5.16. The van der Waals surface area contributed by atoms with E-state index >= 15 is 0 Å². The Balaban J connectivity index is 1.49. The third-order valence-corrected chi connectivity index (χ3v) is 6.99. The number of benzene rings is 1. The van der Waals surface area contributed by atoms with Gasteiger partial charge < -0.3 is 18.8 Å². The molecule has 0 aliphatic carbocycles. The predicted octanol–water partition coefficient (Wildman–Crippen LogP) is 2.94. The third kappa shape index (κ3) is 4.90. The van der Waals surface area contributed by atoms with Crippen LogP contribution in [-0.4, -0.2) is 55.6 Å². The van der Waals surface area contributed by atoms with Gasteiger partial charge in [0.1, 0.15) is 5.49 Å². The first-order valence-electron chi connectivity index (χ1n) is 11.4. The van der Waals surface area contributed by atoms with E-state index < -0.39 is 0 Å². The molecule has 0 bridgehead atoms. The van der Waals surface area contributed by atoms with Gasteiger partial charge in [-0.05, 0) is 36.9 Å². The minimum Gasteiger partial charge on any atom is -0.480 e. The molecule has 2 aliphatic heterocycles. The average Bonchev–Trinajstić information content (AvgIpc) is 3.13. The number of halogens is 1. The SMILES string of the molecule is C=N/C=C1/C=c2c(n(C)c3c(NSc4cc(Cl)cnc4OC)cccc23)=N/C1=N/CNCC1COC1. The summed E-state index contributed by atoms with van der Waals surface area (Å²) < 4.78 is 16.1. The minimum absolute atomic E-state index is 0.468. The highest BCUT2D eigenvalue weighted by Crippen LogP contribution is 2.32. The lowest BCUT2D eigenvalue weighted by Gasteiger charge is -2.25. The van der Waals surface area contributed by atoms with E-state index in [1.807, 2.05) is 25.2 Å². The van der Waals surface area contributed by atoms with E-state index in [1.165, 1.54) is 11.9 Å². The lowest BCUT2D eigenvalue weighted by molar-refractivity contribution is -0.0304.